The lowest BCUT2D eigenvalue weighted by Crippen LogP contribution is -2.63. The van der Waals surface area contributed by atoms with Gasteiger partial charge in [0.05, 0.1) is 26.1 Å². The van der Waals surface area contributed by atoms with E-state index in [1.54, 1.807) is 29.3 Å². The zero-order chi connectivity index (χ0) is 16.6. The predicted molar refractivity (Wildman–Crippen MR) is 85.6 cm³/mol. The molecule has 2 aliphatic heterocycles. The van der Waals surface area contributed by atoms with Crippen LogP contribution in [0.2, 0.25) is 0 Å². The lowest BCUT2D eigenvalue weighted by Gasteiger charge is -2.45. The van der Waals surface area contributed by atoms with Crippen molar-refractivity contribution in [3.63, 3.8) is 0 Å². The van der Waals surface area contributed by atoms with Gasteiger partial charge in [-0.2, -0.15) is 0 Å². The van der Waals surface area contributed by atoms with Crippen LogP contribution < -0.4 is 0 Å². The van der Waals surface area contributed by atoms with Gasteiger partial charge >= 0.3 is 0 Å². The molecule has 122 valence electrons. The second-order valence-electron chi connectivity index (χ2n) is 6.24. The molecule has 2 aliphatic rings. The van der Waals surface area contributed by atoms with E-state index in [9.17, 15) is 9.59 Å². The average molecular weight is 323 g/mol. The Kier molecular flexibility index (Phi) is 3.54. The van der Waals surface area contributed by atoms with E-state index >= 15 is 0 Å². The lowest BCUT2D eigenvalue weighted by atomic mass is 9.90. The number of rotatable bonds is 3. The van der Waals surface area contributed by atoms with Gasteiger partial charge in [0.2, 0.25) is 5.91 Å². The first-order valence-corrected chi connectivity index (χ1v) is 7.89. The molecule has 0 radical (unpaired) electrons. The van der Waals surface area contributed by atoms with Gasteiger partial charge in [0.15, 0.2) is 0 Å². The molecule has 0 bridgehead atoms. The number of amides is 2. The molecule has 24 heavy (non-hydrogen) atoms. The molecule has 0 atom stereocenters. The monoisotopic (exact) mass is 323 g/mol. The van der Waals surface area contributed by atoms with E-state index in [0.29, 0.717) is 31.7 Å². The maximum Gasteiger partial charge on any atom is 0.272 e. The summed E-state index contributed by atoms with van der Waals surface area (Å²) >= 11 is 0. The Labute approximate surface area is 139 Å². The first-order chi connectivity index (χ1) is 11.7. The zero-order valence-electron chi connectivity index (χ0n) is 13.1. The van der Waals surface area contributed by atoms with Crippen LogP contribution in [0.5, 0.6) is 0 Å². The number of nitrogens with zero attached hydrogens (tertiary/aromatic N) is 3. The van der Waals surface area contributed by atoms with Crippen LogP contribution in [0.15, 0.2) is 54.7 Å². The van der Waals surface area contributed by atoms with Gasteiger partial charge < -0.3 is 4.90 Å². The van der Waals surface area contributed by atoms with Gasteiger partial charge in [-0.3, -0.25) is 19.4 Å². The second kappa shape index (κ2) is 5.72. The number of pyridine rings is 1. The van der Waals surface area contributed by atoms with Crippen LogP contribution in [-0.4, -0.2) is 45.5 Å². The summed E-state index contributed by atoms with van der Waals surface area (Å²) in [5, 5.41) is 1.41. The second-order valence-corrected chi connectivity index (χ2v) is 6.24. The molecule has 0 N–H and O–H groups in total. The molecular weight excluding hydrogens is 306 g/mol. The van der Waals surface area contributed by atoms with Gasteiger partial charge in [0, 0.05) is 6.20 Å². The van der Waals surface area contributed by atoms with E-state index in [0.717, 1.165) is 5.56 Å². The molecule has 2 aromatic rings. The maximum atomic E-state index is 12.3. The molecule has 6 heteroatoms. The standard InChI is InChI=1S/C18H17N3O3/c22-16-10-18(24-21(16)11-14-6-2-1-3-7-14)12-20(13-18)17(23)15-8-4-5-9-19-15/h1-9H,10-13H2. The minimum absolute atomic E-state index is 0.0382. The summed E-state index contributed by atoms with van der Waals surface area (Å²) < 4.78 is 0. The normalized spacial score (nSPS) is 18.8. The predicted octanol–water partition coefficient (Wildman–Crippen LogP) is 1.64. The van der Waals surface area contributed by atoms with E-state index in [2.05, 4.69) is 4.98 Å². The summed E-state index contributed by atoms with van der Waals surface area (Å²) in [6.45, 7) is 1.26. The molecule has 1 aromatic carbocycles. The lowest BCUT2D eigenvalue weighted by molar-refractivity contribution is -0.233. The summed E-state index contributed by atoms with van der Waals surface area (Å²) in [5.74, 6) is -0.164. The molecule has 4 rings (SSSR count). The van der Waals surface area contributed by atoms with Crippen molar-refractivity contribution >= 4 is 11.8 Å². The summed E-state index contributed by atoms with van der Waals surface area (Å²) in [6, 6.07) is 15.0. The first-order valence-electron chi connectivity index (χ1n) is 7.89. The Morgan fingerprint density at radius 1 is 1.12 bits per heavy atom. The quantitative estimate of drug-likeness (QED) is 0.861. The number of aromatic nitrogens is 1. The van der Waals surface area contributed by atoms with Crippen molar-refractivity contribution in [3.05, 3.63) is 66.0 Å². The number of likely N-dealkylation sites (tertiary alicyclic amines) is 1. The summed E-state index contributed by atoms with van der Waals surface area (Å²) in [6.07, 6.45) is 1.91. The molecule has 1 spiro atoms. The van der Waals surface area contributed by atoms with E-state index in [1.165, 1.54) is 5.06 Å². The molecule has 1 aromatic heterocycles. The molecular formula is C18H17N3O3. The fourth-order valence-electron chi connectivity index (χ4n) is 3.16. The van der Waals surface area contributed by atoms with Crippen LogP contribution in [0.1, 0.15) is 22.5 Å². The molecule has 0 saturated carbocycles. The Morgan fingerprint density at radius 2 is 1.88 bits per heavy atom. The van der Waals surface area contributed by atoms with Gasteiger partial charge in [-0.05, 0) is 17.7 Å². The van der Waals surface area contributed by atoms with Gasteiger partial charge in [-0.25, -0.2) is 5.06 Å². The Hall–Kier alpha value is -2.73. The average Bonchev–Trinajstić information content (AvgIpc) is 2.91. The number of hydrogen-bond donors (Lipinski definition) is 0. The summed E-state index contributed by atoms with van der Waals surface area (Å²) in [5.41, 5.74) is 0.859. The van der Waals surface area contributed by atoms with Crippen molar-refractivity contribution in [1.29, 1.82) is 0 Å². The number of carbonyl (C=O) groups excluding carboxylic acids is 2. The van der Waals surface area contributed by atoms with Gasteiger partial charge in [0.1, 0.15) is 11.3 Å². The molecule has 2 amide bonds. The van der Waals surface area contributed by atoms with Crippen LogP contribution in [0, 0.1) is 0 Å². The highest BCUT2D eigenvalue weighted by atomic mass is 16.7. The third-order valence-electron chi connectivity index (χ3n) is 4.35. The van der Waals surface area contributed by atoms with E-state index in [1.807, 2.05) is 30.3 Å². The molecule has 6 nitrogen and oxygen atoms in total. The Balaban J connectivity index is 1.39. The molecule has 2 saturated heterocycles. The number of hydrogen-bond acceptors (Lipinski definition) is 4. The smallest absolute Gasteiger partial charge is 0.272 e. The molecule has 0 unspecified atom stereocenters. The highest BCUT2D eigenvalue weighted by molar-refractivity contribution is 5.93. The summed E-state index contributed by atoms with van der Waals surface area (Å²) in [4.78, 5) is 36.2. The topological polar surface area (TPSA) is 62.7 Å². The molecule has 0 aliphatic carbocycles. The van der Waals surface area contributed by atoms with Crippen LogP contribution in [0.3, 0.4) is 0 Å². The van der Waals surface area contributed by atoms with E-state index in [4.69, 9.17) is 4.84 Å². The van der Waals surface area contributed by atoms with E-state index in [-0.39, 0.29) is 11.8 Å². The minimum Gasteiger partial charge on any atom is -0.331 e. The number of carbonyl (C=O) groups is 2. The molecule has 2 fully saturated rings. The SMILES string of the molecule is O=C(c1ccccn1)N1CC2(CC(=O)N(Cc3ccccc3)O2)C1. The Morgan fingerprint density at radius 3 is 2.58 bits per heavy atom. The number of hydroxylamine groups is 2. The Bertz CT molecular complexity index is 758. The van der Waals surface area contributed by atoms with Crippen molar-refractivity contribution < 1.29 is 14.4 Å². The van der Waals surface area contributed by atoms with E-state index < -0.39 is 5.60 Å². The minimum atomic E-state index is -0.573. The highest BCUT2D eigenvalue weighted by Crippen LogP contribution is 2.36. The van der Waals surface area contributed by atoms with Gasteiger partial charge in [0.25, 0.3) is 5.91 Å². The maximum absolute atomic E-state index is 12.3. The number of benzene rings is 1. The van der Waals surface area contributed by atoms with Crippen molar-refractivity contribution in [2.24, 2.45) is 0 Å². The van der Waals surface area contributed by atoms with Gasteiger partial charge in [-0.15, -0.1) is 0 Å². The van der Waals surface area contributed by atoms with Crippen LogP contribution >= 0.6 is 0 Å². The van der Waals surface area contributed by atoms with Crippen molar-refractivity contribution in [2.45, 2.75) is 18.6 Å². The van der Waals surface area contributed by atoms with Crippen molar-refractivity contribution in [1.82, 2.24) is 14.9 Å². The highest BCUT2D eigenvalue weighted by Gasteiger charge is 2.54. The zero-order valence-corrected chi connectivity index (χ0v) is 13.1. The fourth-order valence-corrected chi connectivity index (χ4v) is 3.16. The van der Waals surface area contributed by atoms with Crippen LogP contribution in [-0.2, 0) is 16.2 Å². The van der Waals surface area contributed by atoms with Crippen LogP contribution in [0.4, 0.5) is 0 Å². The van der Waals surface area contributed by atoms with Crippen LogP contribution in [0.25, 0.3) is 0 Å². The largest absolute Gasteiger partial charge is 0.331 e. The third-order valence-corrected chi connectivity index (χ3v) is 4.35. The summed E-state index contributed by atoms with van der Waals surface area (Å²) in [7, 11) is 0. The third kappa shape index (κ3) is 2.65. The first kappa shape index (κ1) is 14.8. The van der Waals surface area contributed by atoms with Gasteiger partial charge in [-0.1, -0.05) is 36.4 Å². The van der Waals surface area contributed by atoms with Crippen molar-refractivity contribution in [3.8, 4) is 0 Å². The molecule has 3 heterocycles. The fraction of sp³-hybridized carbons (Fsp3) is 0.278. The van der Waals surface area contributed by atoms with Crippen molar-refractivity contribution in [2.75, 3.05) is 13.1 Å².